The lowest BCUT2D eigenvalue weighted by Crippen LogP contribution is -2.53. The van der Waals surface area contributed by atoms with Crippen LogP contribution in [0.1, 0.15) is 40.2 Å². The van der Waals surface area contributed by atoms with Gasteiger partial charge in [-0.2, -0.15) is 0 Å². The van der Waals surface area contributed by atoms with Crippen LogP contribution < -0.4 is 0 Å². The predicted octanol–water partition coefficient (Wildman–Crippen LogP) is 3.83. The Kier molecular flexibility index (Phi) is 5.54. The lowest BCUT2D eigenvalue weighted by atomic mass is 9.92. The Morgan fingerprint density at radius 2 is 1.75 bits per heavy atom. The quantitative estimate of drug-likeness (QED) is 0.660. The molecule has 0 aliphatic rings. The summed E-state index contributed by atoms with van der Waals surface area (Å²) in [6.07, 6.45) is -2.51. The van der Waals surface area contributed by atoms with E-state index in [0.29, 0.717) is 10.5 Å². The third-order valence-corrected chi connectivity index (χ3v) is 3.18. The summed E-state index contributed by atoms with van der Waals surface area (Å²) in [6, 6.07) is 6.02. The number of rotatable bonds is 4. The van der Waals surface area contributed by atoms with E-state index in [1.165, 1.54) is 32.0 Å². The lowest BCUT2D eigenvalue weighted by Gasteiger charge is -2.35. The standard InChI is InChI=1S/C16H22N2O6/c1-15(2,3)24-14(21)17(13(19)20)16(4,5)10-11-8-6-7-9-12(11)18(22)23/h6-9H,10H2,1-5H3,(H,19,20). The zero-order valence-corrected chi connectivity index (χ0v) is 14.4. The molecule has 0 aromatic heterocycles. The molecule has 0 spiro atoms. The number of nitro groups is 1. The van der Waals surface area contributed by atoms with Crippen LogP contribution in [0.25, 0.3) is 0 Å². The highest BCUT2D eigenvalue weighted by molar-refractivity contribution is 5.88. The van der Waals surface area contributed by atoms with E-state index in [2.05, 4.69) is 0 Å². The molecule has 1 rings (SSSR count). The summed E-state index contributed by atoms with van der Waals surface area (Å²) in [5, 5.41) is 20.5. The molecule has 0 saturated carbocycles. The molecule has 0 aliphatic heterocycles. The van der Waals surface area contributed by atoms with E-state index in [-0.39, 0.29) is 12.1 Å². The van der Waals surface area contributed by atoms with Gasteiger partial charge in [0, 0.05) is 18.1 Å². The average molecular weight is 338 g/mol. The number of carbonyl (C=O) groups is 2. The molecule has 0 aliphatic carbocycles. The second-order valence-electron chi connectivity index (χ2n) is 6.97. The van der Waals surface area contributed by atoms with Gasteiger partial charge in [-0.15, -0.1) is 0 Å². The Bertz CT molecular complexity index is 648. The molecule has 1 aromatic rings. The zero-order chi connectivity index (χ0) is 18.7. The minimum Gasteiger partial charge on any atom is -0.465 e. The van der Waals surface area contributed by atoms with E-state index in [1.54, 1.807) is 26.8 Å². The second-order valence-corrected chi connectivity index (χ2v) is 6.97. The monoisotopic (exact) mass is 338 g/mol. The summed E-state index contributed by atoms with van der Waals surface area (Å²) >= 11 is 0. The van der Waals surface area contributed by atoms with Crippen molar-refractivity contribution in [1.82, 2.24) is 4.90 Å². The highest BCUT2D eigenvalue weighted by Crippen LogP contribution is 2.28. The van der Waals surface area contributed by atoms with Crippen molar-refractivity contribution in [2.24, 2.45) is 0 Å². The highest BCUT2D eigenvalue weighted by atomic mass is 16.6. The van der Waals surface area contributed by atoms with Crippen molar-refractivity contribution < 1.29 is 24.4 Å². The van der Waals surface area contributed by atoms with Crippen molar-refractivity contribution in [3.8, 4) is 0 Å². The van der Waals surface area contributed by atoms with E-state index in [4.69, 9.17) is 4.74 Å². The number of ether oxygens (including phenoxy) is 1. The summed E-state index contributed by atoms with van der Waals surface area (Å²) in [5.41, 5.74) is -1.89. The van der Waals surface area contributed by atoms with Crippen molar-refractivity contribution in [2.45, 2.75) is 52.2 Å². The van der Waals surface area contributed by atoms with Gasteiger partial charge in [0.1, 0.15) is 5.60 Å². The number of carboxylic acid groups (broad SMARTS) is 1. The van der Waals surface area contributed by atoms with Gasteiger partial charge in [-0.3, -0.25) is 10.1 Å². The van der Waals surface area contributed by atoms with Gasteiger partial charge in [0.05, 0.1) is 10.5 Å². The first-order valence-corrected chi connectivity index (χ1v) is 7.33. The molecule has 0 heterocycles. The van der Waals surface area contributed by atoms with E-state index in [0.717, 1.165) is 0 Å². The minimum absolute atomic E-state index is 0.0182. The third-order valence-electron chi connectivity index (χ3n) is 3.18. The van der Waals surface area contributed by atoms with Crippen molar-refractivity contribution in [1.29, 1.82) is 0 Å². The first-order chi connectivity index (χ1) is 10.8. The number of carbonyl (C=O) groups excluding carboxylic acids is 1. The Morgan fingerprint density at radius 1 is 1.21 bits per heavy atom. The number of imide groups is 1. The van der Waals surface area contributed by atoms with Gasteiger partial charge in [-0.1, -0.05) is 18.2 Å². The van der Waals surface area contributed by atoms with Gasteiger partial charge in [-0.25, -0.2) is 14.5 Å². The zero-order valence-electron chi connectivity index (χ0n) is 14.4. The Morgan fingerprint density at radius 3 is 2.21 bits per heavy atom. The van der Waals surface area contributed by atoms with Gasteiger partial charge in [0.15, 0.2) is 0 Å². The summed E-state index contributed by atoms with van der Waals surface area (Å²) in [4.78, 5) is 35.0. The molecule has 1 aromatic carbocycles. The number of nitro benzene ring substituents is 1. The second kappa shape index (κ2) is 6.86. The van der Waals surface area contributed by atoms with Gasteiger partial charge in [-0.05, 0) is 34.6 Å². The van der Waals surface area contributed by atoms with Crippen LogP contribution in [-0.2, 0) is 11.2 Å². The maximum absolute atomic E-state index is 12.2. The number of hydrogen-bond acceptors (Lipinski definition) is 5. The first-order valence-electron chi connectivity index (χ1n) is 7.33. The molecule has 8 nitrogen and oxygen atoms in total. The van der Waals surface area contributed by atoms with Crippen LogP contribution in [-0.4, -0.2) is 38.3 Å². The number of hydrogen-bond donors (Lipinski definition) is 1. The summed E-state index contributed by atoms with van der Waals surface area (Å²) in [5.74, 6) is 0. The van der Waals surface area contributed by atoms with E-state index in [9.17, 15) is 24.8 Å². The van der Waals surface area contributed by atoms with Gasteiger partial charge in [0.25, 0.3) is 5.69 Å². The fourth-order valence-electron chi connectivity index (χ4n) is 2.28. The van der Waals surface area contributed by atoms with Crippen molar-refractivity contribution in [3.63, 3.8) is 0 Å². The summed E-state index contributed by atoms with van der Waals surface area (Å²) < 4.78 is 5.14. The molecule has 24 heavy (non-hydrogen) atoms. The number of nitrogens with zero attached hydrogens (tertiary/aromatic N) is 2. The molecule has 0 bridgehead atoms. The maximum atomic E-state index is 12.2. The molecule has 0 saturated heterocycles. The highest BCUT2D eigenvalue weighted by Gasteiger charge is 2.40. The van der Waals surface area contributed by atoms with Crippen LogP contribution in [0.15, 0.2) is 24.3 Å². The topological polar surface area (TPSA) is 110 Å². The molecular formula is C16H22N2O6. The Hall–Kier alpha value is -2.64. The molecule has 0 radical (unpaired) electrons. The van der Waals surface area contributed by atoms with Gasteiger partial charge < -0.3 is 9.84 Å². The molecule has 0 unspecified atom stereocenters. The average Bonchev–Trinajstić information content (AvgIpc) is 2.34. The third kappa shape index (κ3) is 4.94. The van der Waals surface area contributed by atoms with E-state index in [1.807, 2.05) is 0 Å². The largest absolute Gasteiger partial charge is 0.465 e. The van der Waals surface area contributed by atoms with Crippen LogP contribution in [0.2, 0.25) is 0 Å². The fourth-order valence-corrected chi connectivity index (χ4v) is 2.28. The normalized spacial score (nSPS) is 11.7. The van der Waals surface area contributed by atoms with Crippen LogP contribution >= 0.6 is 0 Å². The number of amides is 2. The maximum Gasteiger partial charge on any atom is 0.420 e. The van der Waals surface area contributed by atoms with Crippen molar-refractivity contribution in [3.05, 3.63) is 39.9 Å². The minimum atomic E-state index is -1.48. The number of para-hydroxylation sites is 1. The molecule has 132 valence electrons. The van der Waals surface area contributed by atoms with Crippen molar-refractivity contribution in [2.75, 3.05) is 0 Å². The van der Waals surface area contributed by atoms with Gasteiger partial charge >= 0.3 is 12.2 Å². The molecule has 0 fully saturated rings. The molecule has 1 N–H and O–H groups in total. The SMILES string of the molecule is CC(C)(C)OC(=O)N(C(=O)O)C(C)(C)Cc1ccccc1[N+](=O)[O-]. The van der Waals surface area contributed by atoms with Crippen LogP contribution in [0, 0.1) is 10.1 Å². The fraction of sp³-hybridized carbons (Fsp3) is 0.500. The lowest BCUT2D eigenvalue weighted by molar-refractivity contribution is -0.385. The smallest absolute Gasteiger partial charge is 0.420 e. The summed E-state index contributed by atoms with van der Waals surface area (Å²) in [7, 11) is 0. The molecular weight excluding hydrogens is 316 g/mol. The van der Waals surface area contributed by atoms with E-state index < -0.39 is 28.2 Å². The molecule has 2 amide bonds. The van der Waals surface area contributed by atoms with E-state index >= 15 is 0 Å². The van der Waals surface area contributed by atoms with Crippen LogP contribution in [0.5, 0.6) is 0 Å². The molecule has 0 atom stereocenters. The Labute approximate surface area is 140 Å². The van der Waals surface area contributed by atoms with Crippen LogP contribution in [0.3, 0.4) is 0 Å². The predicted molar refractivity (Wildman–Crippen MR) is 87.0 cm³/mol. The summed E-state index contributed by atoms with van der Waals surface area (Å²) in [6.45, 7) is 7.91. The Balaban J connectivity index is 3.17. The number of benzene rings is 1. The van der Waals surface area contributed by atoms with Crippen molar-refractivity contribution >= 4 is 17.9 Å². The van der Waals surface area contributed by atoms with Gasteiger partial charge in [0.2, 0.25) is 0 Å². The first kappa shape index (κ1) is 19.4. The van der Waals surface area contributed by atoms with Crippen LogP contribution in [0.4, 0.5) is 15.3 Å². The molecule has 8 heteroatoms.